The van der Waals surface area contributed by atoms with Gasteiger partial charge in [0.05, 0.1) is 11.6 Å². The Bertz CT molecular complexity index is 470. The van der Waals surface area contributed by atoms with Gasteiger partial charge in [-0.25, -0.2) is 4.39 Å². The molecule has 1 aromatic rings. The highest BCUT2D eigenvalue weighted by atomic mass is 32.2. The molecule has 0 saturated heterocycles. The molecule has 0 saturated carbocycles. The average Bonchev–Trinajstić information content (AvgIpc) is 2.25. The molecule has 0 aromatic heterocycles. The summed E-state index contributed by atoms with van der Waals surface area (Å²) >= 11 is -1.55. The molecule has 0 radical (unpaired) electrons. The van der Waals surface area contributed by atoms with Gasteiger partial charge in [-0.3, -0.25) is 0 Å². The Morgan fingerprint density at radius 1 is 1.20 bits per heavy atom. The second-order valence-corrected chi connectivity index (χ2v) is 7.45. The van der Waals surface area contributed by atoms with Crippen molar-refractivity contribution < 1.29 is 22.1 Å². The summed E-state index contributed by atoms with van der Waals surface area (Å²) < 4.78 is 65.7. The summed E-state index contributed by atoms with van der Waals surface area (Å²) in [5, 5.41) is 0. The Kier molecular flexibility index (Phi) is 5.10. The Morgan fingerprint density at radius 2 is 1.75 bits per heavy atom. The maximum Gasteiger partial charge on any atom is 0.416 e. The van der Waals surface area contributed by atoms with Crippen LogP contribution in [0.15, 0.2) is 18.2 Å². The number of alkyl halides is 3. The molecule has 0 aliphatic carbocycles. The van der Waals surface area contributed by atoms with Crippen LogP contribution in [0.5, 0.6) is 0 Å². The fraction of sp³-hybridized carbons (Fsp3) is 0.538. The molecule has 114 valence electrons. The Balaban J connectivity index is 3.09. The summed E-state index contributed by atoms with van der Waals surface area (Å²) in [6.45, 7) is 6.50. The van der Waals surface area contributed by atoms with Gasteiger partial charge in [0.15, 0.2) is 0 Å². The first kappa shape index (κ1) is 17.3. The number of benzene rings is 1. The molecule has 2 nitrogen and oxygen atoms in total. The van der Waals surface area contributed by atoms with Gasteiger partial charge in [0.1, 0.15) is 10.6 Å². The van der Waals surface area contributed by atoms with Crippen molar-refractivity contribution in [3.05, 3.63) is 35.1 Å². The number of nitrogens with one attached hydrogen (secondary N) is 1. The summed E-state index contributed by atoms with van der Waals surface area (Å²) in [6, 6.07) is 1.39. The number of rotatable bonds is 3. The summed E-state index contributed by atoms with van der Waals surface area (Å²) in [5.74, 6) is -0.761. The molecule has 0 heterocycles. The van der Waals surface area contributed by atoms with E-state index in [1.165, 1.54) is 6.92 Å². The first-order chi connectivity index (χ1) is 8.93. The molecule has 0 bridgehead atoms. The predicted molar refractivity (Wildman–Crippen MR) is 70.8 cm³/mol. The number of halogens is 4. The first-order valence-corrected chi connectivity index (χ1v) is 7.12. The molecule has 1 rings (SSSR count). The minimum atomic E-state index is -4.58. The topological polar surface area (TPSA) is 35.1 Å². The van der Waals surface area contributed by atoms with Gasteiger partial charge in [-0.1, -0.05) is 0 Å². The van der Waals surface area contributed by atoms with Crippen LogP contribution in [-0.4, -0.2) is 9.30 Å². The highest BCUT2D eigenvalue weighted by Crippen LogP contribution is 2.35. The van der Waals surface area contributed by atoms with Gasteiger partial charge in [-0.15, -0.1) is 4.72 Å². The quantitative estimate of drug-likeness (QED) is 0.677. The third kappa shape index (κ3) is 4.36. The van der Waals surface area contributed by atoms with Crippen LogP contribution in [0.25, 0.3) is 0 Å². The van der Waals surface area contributed by atoms with Gasteiger partial charge in [-0.2, -0.15) is 13.2 Å². The molecule has 20 heavy (non-hydrogen) atoms. The SMILES string of the molecule is CC(N[S+]([O-])C(C)(C)C)c1cc(F)ccc1C(F)(F)F. The molecule has 2 atom stereocenters. The zero-order valence-electron chi connectivity index (χ0n) is 11.6. The molecular weight excluding hydrogens is 294 g/mol. The second kappa shape index (κ2) is 5.91. The van der Waals surface area contributed by atoms with E-state index in [9.17, 15) is 22.1 Å². The number of hydrogen-bond acceptors (Lipinski definition) is 2. The fourth-order valence-electron chi connectivity index (χ4n) is 1.55. The van der Waals surface area contributed by atoms with E-state index < -0.39 is 39.7 Å². The van der Waals surface area contributed by atoms with E-state index >= 15 is 0 Å². The van der Waals surface area contributed by atoms with Crippen LogP contribution in [-0.2, 0) is 17.5 Å². The van der Waals surface area contributed by atoms with Crippen molar-refractivity contribution in [3.8, 4) is 0 Å². The zero-order chi connectivity index (χ0) is 15.7. The molecule has 0 aliphatic rings. The Hall–Kier alpha value is -0.790. The molecule has 2 unspecified atom stereocenters. The van der Waals surface area contributed by atoms with E-state index in [2.05, 4.69) is 4.72 Å². The molecule has 1 aromatic carbocycles. The standard InChI is InChI=1S/C13H17F4NOS/c1-8(18-20(19)12(2,3)4)10-7-9(14)5-6-11(10)13(15,16)17/h5-8,18H,1-4H3. The van der Waals surface area contributed by atoms with Crippen molar-refractivity contribution in [2.45, 2.75) is 44.7 Å². The highest BCUT2D eigenvalue weighted by molar-refractivity contribution is 7.90. The smallest absolute Gasteiger partial charge is 0.416 e. The van der Waals surface area contributed by atoms with Gasteiger partial charge in [-0.05, 0) is 51.5 Å². The minimum absolute atomic E-state index is 0.255. The summed E-state index contributed by atoms with van der Waals surface area (Å²) in [4.78, 5) is 0. The van der Waals surface area contributed by atoms with Crippen LogP contribution < -0.4 is 4.72 Å². The van der Waals surface area contributed by atoms with Crippen LogP contribution in [0.1, 0.15) is 44.9 Å². The third-order valence-corrected chi connectivity index (χ3v) is 4.31. The van der Waals surface area contributed by atoms with Gasteiger partial charge in [0.25, 0.3) is 0 Å². The molecule has 1 N–H and O–H groups in total. The maximum atomic E-state index is 13.2. The van der Waals surface area contributed by atoms with E-state index in [-0.39, 0.29) is 5.56 Å². The van der Waals surface area contributed by atoms with Crippen molar-refractivity contribution in [1.82, 2.24) is 4.72 Å². The van der Waals surface area contributed by atoms with Crippen molar-refractivity contribution in [2.24, 2.45) is 0 Å². The largest absolute Gasteiger partial charge is 0.598 e. The molecule has 0 amide bonds. The predicted octanol–water partition coefficient (Wildman–Crippen LogP) is 3.96. The van der Waals surface area contributed by atoms with Crippen molar-refractivity contribution in [1.29, 1.82) is 0 Å². The summed E-state index contributed by atoms with van der Waals surface area (Å²) in [7, 11) is 0. The lowest BCUT2D eigenvalue weighted by molar-refractivity contribution is -0.138. The normalized spacial score (nSPS) is 16.1. The molecule has 0 spiro atoms. The van der Waals surface area contributed by atoms with Crippen molar-refractivity contribution in [2.75, 3.05) is 0 Å². The van der Waals surface area contributed by atoms with Crippen LogP contribution in [0, 0.1) is 5.82 Å². The van der Waals surface area contributed by atoms with E-state index in [1.807, 2.05) is 0 Å². The van der Waals surface area contributed by atoms with Crippen molar-refractivity contribution >= 4 is 11.4 Å². The molecule has 7 heteroatoms. The lowest BCUT2D eigenvalue weighted by Gasteiger charge is -2.27. The monoisotopic (exact) mass is 311 g/mol. The Labute approximate surface area is 118 Å². The molecule has 0 fully saturated rings. The highest BCUT2D eigenvalue weighted by Gasteiger charge is 2.36. The molecular formula is C13H17F4NOS. The van der Waals surface area contributed by atoms with Gasteiger partial charge >= 0.3 is 6.18 Å². The van der Waals surface area contributed by atoms with Gasteiger partial charge in [0, 0.05) is 11.4 Å². The van der Waals surface area contributed by atoms with Crippen LogP contribution in [0.2, 0.25) is 0 Å². The Morgan fingerprint density at radius 3 is 2.20 bits per heavy atom. The second-order valence-electron chi connectivity index (χ2n) is 5.45. The van der Waals surface area contributed by atoms with Gasteiger partial charge in [0.2, 0.25) is 0 Å². The third-order valence-electron chi connectivity index (χ3n) is 2.63. The lowest BCUT2D eigenvalue weighted by Crippen LogP contribution is -2.41. The van der Waals surface area contributed by atoms with E-state index in [0.29, 0.717) is 6.07 Å². The first-order valence-electron chi connectivity index (χ1n) is 5.97. The fourth-order valence-corrected chi connectivity index (χ4v) is 2.35. The minimum Gasteiger partial charge on any atom is -0.598 e. The van der Waals surface area contributed by atoms with E-state index in [0.717, 1.165) is 12.1 Å². The van der Waals surface area contributed by atoms with Crippen LogP contribution in [0.3, 0.4) is 0 Å². The van der Waals surface area contributed by atoms with Crippen molar-refractivity contribution in [3.63, 3.8) is 0 Å². The average molecular weight is 311 g/mol. The summed E-state index contributed by atoms with van der Waals surface area (Å²) in [6.07, 6.45) is -4.58. The van der Waals surface area contributed by atoms with Gasteiger partial charge < -0.3 is 4.55 Å². The van der Waals surface area contributed by atoms with Crippen LogP contribution >= 0.6 is 0 Å². The van der Waals surface area contributed by atoms with E-state index in [1.54, 1.807) is 20.8 Å². The zero-order valence-corrected chi connectivity index (χ0v) is 12.5. The number of hydrogen-bond donors (Lipinski definition) is 1. The maximum absolute atomic E-state index is 13.2. The van der Waals surface area contributed by atoms with E-state index in [4.69, 9.17) is 0 Å². The summed E-state index contributed by atoms with van der Waals surface area (Å²) in [5.41, 5.74) is -1.18. The van der Waals surface area contributed by atoms with Crippen LogP contribution in [0.4, 0.5) is 17.6 Å². The molecule has 0 aliphatic heterocycles. The lowest BCUT2D eigenvalue weighted by atomic mass is 10.0.